The molecule has 2 N–H and O–H groups in total. The van der Waals surface area contributed by atoms with Gasteiger partial charge < -0.3 is 24.8 Å². The maximum Gasteiger partial charge on any atom is 0.292 e. The fraction of sp³-hybridized carbons (Fsp3) is 0.448. The maximum atomic E-state index is 13.6. The van der Waals surface area contributed by atoms with E-state index in [0.29, 0.717) is 63.1 Å². The van der Waals surface area contributed by atoms with Crippen LogP contribution in [0.1, 0.15) is 52.2 Å². The molecule has 1 saturated carbocycles. The van der Waals surface area contributed by atoms with Gasteiger partial charge in [-0.05, 0) is 55.5 Å². The van der Waals surface area contributed by atoms with Gasteiger partial charge in [0.25, 0.3) is 11.8 Å². The van der Waals surface area contributed by atoms with Crippen LogP contribution >= 0.6 is 11.6 Å². The molecule has 204 valence electrons. The molecule has 2 aromatic carbocycles. The monoisotopic (exact) mass is 548 g/mol. The van der Waals surface area contributed by atoms with Gasteiger partial charge in [-0.25, -0.2) is 0 Å². The smallest absolute Gasteiger partial charge is 0.292 e. The van der Waals surface area contributed by atoms with Crippen LogP contribution in [0.4, 0.5) is 0 Å². The van der Waals surface area contributed by atoms with Crippen LogP contribution in [0.2, 0.25) is 5.02 Å². The van der Waals surface area contributed by atoms with Crippen molar-refractivity contribution in [3.63, 3.8) is 0 Å². The Kier molecular flexibility index (Phi) is 7.14. The molecule has 10 heteroatoms. The van der Waals surface area contributed by atoms with Crippen molar-refractivity contribution in [3.05, 3.63) is 70.5 Å². The molecule has 1 aromatic heterocycles. The van der Waals surface area contributed by atoms with E-state index in [0.717, 1.165) is 36.3 Å². The van der Waals surface area contributed by atoms with Gasteiger partial charge in [-0.1, -0.05) is 35.9 Å². The number of amides is 2. The van der Waals surface area contributed by atoms with E-state index in [1.807, 2.05) is 51.9 Å². The summed E-state index contributed by atoms with van der Waals surface area (Å²) in [6.45, 7) is 4.03. The molecule has 9 nitrogen and oxygen atoms in total. The fourth-order valence-corrected chi connectivity index (χ4v) is 6.50. The van der Waals surface area contributed by atoms with Crippen LogP contribution in [0.15, 0.2) is 48.5 Å². The first-order chi connectivity index (χ1) is 19.0. The van der Waals surface area contributed by atoms with E-state index < -0.39 is 0 Å². The van der Waals surface area contributed by atoms with Gasteiger partial charge in [-0.15, -0.1) is 10.2 Å². The minimum Gasteiger partial charge on any atom is -0.378 e. The molecule has 2 amide bonds. The highest BCUT2D eigenvalue weighted by Crippen LogP contribution is 2.41. The van der Waals surface area contributed by atoms with E-state index in [-0.39, 0.29) is 23.3 Å². The molecule has 2 fully saturated rings. The lowest BCUT2D eigenvalue weighted by Gasteiger charge is -2.44. The third kappa shape index (κ3) is 4.83. The highest BCUT2D eigenvalue weighted by atomic mass is 35.5. The average Bonchev–Trinajstić information content (AvgIpc) is 3.43. The molecular formula is C29H33ClN6O3. The minimum absolute atomic E-state index is 0.0237. The highest BCUT2D eigenvalue weighted by molar-refractivity contribution is 6.30. The van der Waals surface area contributed by atoms with Crippen LogP contribution in [0.25, 0.3) is 11.4 Å². The van der Waals surface area contributed by atoms with Crippen molar-refractivity contribution in [3.8, 4) is 11.4 Å². The van der Waals surface area contributed by atoms with E-state index in [4.69, 9.17) is 22.1 Å². The zero-order valence-electron chi connectivity index (χ0n) is 21.9. The number of benzene rings is 2. The van der Waals surface area contributed by atoms with Crippen LogP contribution in [0, 0.1) is 0 Å². The van der Waals surface area contributed by atoms with E-state index in [1.165, 1.54) is 5.56 Å². The fourth-order valence-electron chi connectivity index (χ4n) is 6.31. The zero-order chi connectivity index (χ0) is 27.0. The summed E-state index contributed by atoms with van der Waals surface area (Å²) in [6.07, 6.45) is 3.56. The lowest BCUT2D eigenvalue weighted by molar-refractivity contribution is 0.0303. The Morgan fingerprint density at radius 3 is 2.49 bits per heavy atom. The molecule has 2 aliphatic heterocycles. The van der Waals surface area contributed by atoms with Gasteiger partial charge in [0.1, 0.15) is 0 Å². The summed E-state index contributed by atoms with van der Waals surface area (Å²) in [5, 5.41) is 9.41. The van der Waals surface area contributed by atoms with E-state index in [9.17, 15) is 9.59 Å². The summed E-state index contributed by atoms with van der Waals surface area (Å²) in [6, 6.07) is 15.6. The Bertz CT molecular complexity index is 1380. The lowest BCUT2D eigenvalue weighted by Crippen LogP contribution is -2.50. The number of fused-ring (bicyclic) bond motifs is 1. The zero-order valence-corrected chi connectivity index (χ0v) is 22.6. The Balaban J connectivity index is 1.17. The Morgan fingerprint density at radius 2 is 1.74 bits per heavy atom. The molecular weight excluding hydrogens is 516 g/mol. The molecule has 1 saturated heterocycles. The van der Waals surface area contributed by atoms with Crippen molar-refractivity contribution in [2.45, 2.75) is 43.7 Å². The van der Waals surface area contributed by atoms with Crippen LogP contribution in [0.3, 0.4) is 0 Å². The second-order valence-corrected chi connectivity index (χ2v) is 11.1. The normalized spacial score (nSPS) is 23.5. The van der Waals surface area contributed by atoms with Crippen molar-refractivity contribution < 1.29 is 14.3 Å². The van der Waals surface area contributed by atoms with Crippen molar-refractivity contribution >= 4 is 23.4 Å². The first kappa shape index (κ1) is 26.0. The second kappa shape index (κ2) is 10.7. The standard InChI is InChI=1S/C29H33ClN6O3/c30-23-6-2-5-22(18-23)29(19-31)9-7-24(8-10-29)35-11-12-36-25(32-33-26(36)28(35)38)20-3-1-4-21(17-20)27(37)34-13-15-39-16-14-34/h1-6,17-18,24H,7-16,19,31H2. The number of hydrogen-bond donors (Lipinski definition) is 1. The minimum atomic E-state index is -0.114. The predicted molar refractivity (Wildman–Crippen MR) is 148 cm³/mol. The maximum absolute atomic E-state index is 13.6. The molecule has 6 rings (SSSR count). The van der Waals surface area contributed by atoms with Gasteiger partial charge in [0.05, 0.1) is 13.2 Å². The Morgan fingerprint density at radius 1 is 1.00 bits per heavy atom. The summed E-state index contributed by atoms with van der Waals surface area (Å²) in [7, 11) is 0. The summed E-state index contributed by atoms with van der Waals surface area (Å²) in [4.78, 5) is 30.4. The number of halogens is 1. The quantitative estimate of drug-likeness (QED) is 0.524. The molecule has 39 heavy (non-hydrogen) atoms. The Labute approximate surface area is 232 Å². The first-order valence-corrected chi connectivity index (χ1v) is 14.0. The van der Waals surface area contributed by atoms with Crippen LogP contribution in [0.5, 0.6) is 0 Å². The number of aromatic nitrogens is 3. The summed E-state index contributed by atoms with van der Waals surface area (Å²) in [5.74, 6) is 0.853. The highest BCUT2D eigenvalue weighted by Gasteiger charge is 2.41. The van der Waals surface area contributed by atoms with Crippen molar-refractivity contribution in [1.29, 1.82) is 0 Å². The molecule has 0 unspecified atom stereocenters. The summed E-state index contributed by atoms with van der Waals surface area (Å²) in [5.41, 5.74) is 8.73. The molecule has 0 atom stereocenters. The number of ether oxygens (including phenoxy) is 1. The van der Waals surface area contributed by atoms with Crippen LogP contribution in [-0.2, 0) is 16.7 Å². The molecule has 0 spiro atoms. The van der Waals surface area contributed by atoms with E-state index >= 15 is 0 Å². The van der Waals surface area contributed by atoms with Crippen molar-refractivity contribution in [1.82, 2.24) is 24.6 Å². The number of carbonyl (C=O) groups excluding carboxylic acids is 2. The number of nitrogens with zero attached hydrogens (tertiary/aromatic N) is 5. The van der Waals surface area contributed by atoms with Crippen molar-refractivity contribution in [2.75, 3.05) is 39.4 Å². The van der Waals surface area contributed by atoms with E-state index in [1.54, 1.807) is 4.90 Å². The van der Waals surface area contributed by atoms with Crippen LogP contribution in [-0.4, -0.2) is 81.8 Å². The molecule has 0 radical (unpaired) electrons. The molecule has 3 heterocycles. The van der Waals surface area contributed by atoms with E-state index in [2.05, 4.69) is 16.3 Å². The number of morpholine rings is 1. The van der Waals surface area contributed by atoms with Gasteiger partial charge in [0.2, 0.25) is 5.82 Å². The van der Waals surface area contributed by atoms with Gasteiger partial charge in [0.15, 0.2) is 5.82 Å². The van der Waals surface area contributed by atoms with Gasteiger partial charge in [0, 0.05) is 60.3 Å². The number of rotatable bonds is 5. The van der Waals surface area contributed by atoms with Crippen LogP contribution < -0.4 is 5.73 Å². The third-order valence-corrected chi connectivity index (χ3v) is 8.85. The predicted octanol–water partition coefficient (Wildman–Crippen LogP) is 3.37. The Hall–Kier alpha value is -3.27. The number of hydrogen-bond acceptors (Lipinski definition) is 6. The summed E-state index contributed by atoms with van der Waals surface area (Å²) >= 11 is 6.27. The van der Waals surface area contributed by atoms with Gasteiger partial charge in [-0.3, -0.25) is 9.59 Å². The molecule has 3 aromatic rings. The SMILES string of the molecule is NCC1(c2cccc(Cl)c2)CCC(N2CCn3c(nnc3-c3cccc(C(=O)N4CCOCC4)c3)C2=O)CC1. The first-order valence-electron chi connectivity index (χ1n) is 13.7. The molecule has 3 aliphatic rings. The number of carbonyl (C=O) groups is 2. The lowest BCUT2D eigenvalue weighted by atomic mass is 9.68. The third-order valence-electron chi connectivity index (χ3n) is 8.61. The van der Waals surface area contributed by atoms with Gasteiger partial charge in [-0.2, -0.15) is 0 Å². The topological polar surface area (TPSA) is 107 Å². The summed E-state index contributed by atoms with van der Waals surface area (Å²) < 4.78 is 7.26. The molecule has 0 bridgehead atoms. The van der Waals surface area contributed by atoms with Crippen molar-refractivity contribution in [2.24, 2.45) is 5.73 Å². The van der Waals surface area contributed by atoms with Gasteiger partial charge >= 0.3 is 0 Å². The largest absolute Gasteiger partial charge is 0.378 e. The number of nitrogens with two attached hydrogens (primary N) is 1. The second-order valence-electron chi connectivity index (χ2n) is 10.7. The molecule has 1 aliphatic carbocycles. The average molecular weight is 549 g/mol.